The van der Waals surface area contributed by atoms with Gasteiger partial charge in [-0.15, -0.1) is 0 Å². The largest absolute Gasteiger partial charge is 0.382 e. The monoisotopic (exact) mass is 355 g/mol. The van der Waals surface area contributed by atoms with Crippen molar-refractivity contribution >= 4 is 16.6 Å². The molecule has 1 atom stereocenters. The van der Waals surface area contributed by atoms with E-state index in [1.165, 1.54) is 42.3 Å². The molecule has 0 spiro atoms. The third-order valence-corrected chi connectivity index (χ3v) is 6.23. The van der Waals surface area contributed by atoms with Crippen LogP contribution in [-0.2, 0) is 16.0 Å². The van der Waals surface area contributed by atoms with Crippen LogP contribution in [0.15, 0.2) is 30.5 Å². The standard InChI is InChI=1S/C21H29N3O2/c1-2-20(19-8-9-24(21(19)3-1)14-18-15-26-18)22-16-4-6-17(7-5-16)23-10-12-25-13-11-23/h1-3,8-9,16-18,22H,4-7,10-15H2. The second-order valence-corrected chi connectivity index (χ2v) is 7.96. The number of fused-ring (bicyclic) bond motifs is 1. The quantitative estimate of drug-likeness (QED) is 0.837. The van der Waals surface area contributed by atoms with E-state index in [2.05, 4.69) is 45.2 Å². The normalized spacial score (nSPS) is 29.8. The molecule has 26 heavy (non-hydrogen) atoms. The first-order chi connectivity index (χ1) is 12.9. The highest BCUT2D eigenvalue weighted by Gasteiger charge is 2.27. The number of benzene rings is 1. The fourth-order valence-electron chi connectivity index (χ4n) is 4.65. The van der Waals surface area contributed by atoms with Gasteiger partial charge in [-0.05, 0) is 43.9 Å². The Bertz CT molecular complexity index is 741. The number of hydrogen-bond acceptors (Lipinski definition) is 4. The van der Waals surface area contributed by atoms with Crippen molar-refractivity contribution in [3.63, 3.8) is 0 Å². The Morgan fingerprint density at radius 1 is 1.04 bits per heavy atom. The van der Waals surface area contributed by atoms with Crippen molar-refractivity contribution in [2.75, 3.05) is 38.2 Å². The number of morpholine rings is 1. The number of ether oxygens (including phenoxy) is 2. The third kappa shape index (κ3) is 3.48. The molecular formula is C21H29N3O2. The van der Waals surface area contributed by atoms with E-state index < -0.39 is 0 Å². The Morgan fingerprint density at radius 2 is 1.85 bits per heavy atom. The lowest BCUT2D eigenvalue weighted by Gasteiger charge is -2.39. The summed E-state index contributed by atoms with van der Waals surface area (Å²) in [6.07, 6.45) is 7.73. The molecule has 140 valence electrons. The molecule has 2 saturated heterocycles. The third-order valence-electron chi connectivity index (χ3n) is 6.23. The molecular weight excluding hydrogens is 326 g/mol. The van der Waals surface area contributed by atoms with Gasteiger partial charge in [0.15, 0.2) is 0 Å². The van der Waals surface area contributed by atoms with Gasteiger partial charge in [0.05, 0.1) is 38.0 Å². The SMILES string of the molecule is c1cc(NC2CCC(N3CCOCC3)CC2)c2ccn(CC3CO3)c2c1. The Balaban J connectivity index is 1.23. The van der Waals surface area contributed by atoms with Crippen LogP contribution in [0.4, 0.5) is 5.69 Å². The predicted octanol–water partition coefficient (Wildman–Crippen LogP) is 3.10. The number of aromatic nitrogens is 1. The number of hydrogen-bond donors (Lipinski definition) is 1. The predicted molar refractivity (Wildman–Crippen MR) is 104 cm³/mol. The van der Waals surface area contributed by atoms with Crippen LogP contribution in [0.2, 0.25) is 0 Å². The highest BCUT2D eigenvalue weighted by atomic mass is 16.6. The van der Waals surface area contributed by atoms with Gasteiger partial charge in [0, 0.05) is 42.4 Å². The molecule has 2 aliphatic heterocycles. The van der Waals surface area contributed by atoms with Crippen LogP contribution in [0.3, 0.4) is 0 Å². The van der Waals surface area contributed by atoms with Crippen molar-refractivity contribution in [2.45, 2.75) is 50.4 Å². The fraction of sp³-hybridized carbons (Fsp3) is 0.619. The number of nitrogens with zero attached hydrogens (tertiary/aromatic N) is 2. The van der Waals surface area contributed by atoms with Crippen LogP contribution in [0.25, 0.3) is 10.9 Å². The maximum atomic E-state index is 5.50. The van der Waals surface area contributed by atoms with Gasteiger partial charge in [-0.25, -0.2) is 0 Å². The van der Waals surface area contributed by atoms with Gasteiger partial charge < -0.3 is 19.4 Å². The van der Waals surface area contributed by atoms with E-state index in [-0.39, 0.29) is 0 Å². The van der Waals surface area contributed by atoms with Crippen molar-refractivity contribution in [2.24, 2.45) is 0 Å². The van der Waals surface area contributed by atoms with E-state index in [0.29, 0.717) is 12.1 Å². The van der Waals surface area contributed by atoms with Crippen LogP contribution >= 0.6 is 0 Å². The topological polar surface area (TPSA) is 42.0 Å². The van der Waals surface area contributed by atoms with Gasteiger partial charge in [-0.1, -0.05) is 6.07 Å². The summed E-state index contributed by atoms with van der Waals surface area (Å²) < 4.78 is 13.2. The lowest BCUT2D eigenvalue weighted by Crippen LogP contribution is -2.46. The molecule has 3 fully saturated rings. The molecule has 1 aliphatic carbocycles. The Kier molecular flexibility index (Phi) is 4.61. The molecule has 5 heteroatoms. The summed E-state index contributed by atoms with van der Waals surface area (Å²) in [6.45, 7) is 5.91. The molecule has 5 nitrogen and oxygen atoms in total. The molecule has 2 aromatic rings. The van der Waals surface area contributed by atoms with Crippen molar-refractivity contribution in [3.05, 3.63) is 30.5 Å². The summed E-state index contributed by atoms with van der Waals surface area (Å²) in [5.74, 6) is 0. The van der Waals surface area contributed by atoms with E-state index in [0.717, 1.165) is 45.5 Å². The van der Waals surface area contributed by atoms with Crippen molar-refractivity contribution in [1.29, 1.82) is 0 Å². The van der Waals surface area contributed by atoms with Gasteiger partial charge >= 0.3 is 0 Å². The summed E-state index contributed by atoms with van der Waals surface area (Å²) in [5, 5.41) is 5.18. The molecule has 0 amide bonds. The maximum absolute atomic E-state index is 5.50. The zero-order valence-corrected chi connectivity index (χ0v) is 15.4. The van der Waals surface area contributed by atoms with Crippen molar-refractivity contribution < 1.29 is 9.47 Å². The van der Waals surface area contributed by atoms with E-state index >= 15 is 0 Å². The highest BCUT2D eigenvalue weighted by Crippen LogP contribution is 2.30. The number of nitrogens with one attached hydrogen (secondary N) is 1. The number of anilines is 1. The molecule has 3 heterocycles. The van der Waals surface area contributed by atoms with Crippen LogP contribution in [-0.4, -0.2) is 60.6 Å². The molecule has 1 saturated carbocycles. The zero-order valence-electron chi connectivity index (χ0n) is 15.4. The molecule has 3 aliphatic rings. The fourth-order valence-corrected chi connectivity index (χ4v) is 4.65. The van der Waals surface area contributed by atoms with E-state index in [1.54, 1.807) is 0 Å². The van der Waals surface area contributed by atoms with Crippen molar-refractivity contribution in [3.8, 4) is 0 Å². The second-order valence-electron chi connectivity index (χ2n) is 7.96. The minimum atomic E-state index is 0.415. The minimum absolute atomic E-state index is 0.415. The summed E-state index contributed by atoms with van der Waals surface area (Å²) in [5.41, 5.74) is 2.60. The highest BCUT2D eigenvalue weighted by molar-refractivity contribution is 5.92. The van der Waals surface area contributed by atoms with Gasteiger partial charge in [-0.3, -0.25) is 4.90 Å². The summed E-state index contributed by atoms with van der Waals surface area (Å²) >= 11 is 0. The van der Waals surface area contributed by atoms with Gasteiger partial charge in [0.1, 0.15) is 0 Å². The first-order valence-electron chi connectivity index (χ1n) is 10.1. The van der Waals surface area contributed by atoms with Crippen LogP contribution in [0.1, 0.15) is 25.7 Å². The maximum Gasteiger partial charge on any atom is 0.0988 e. The van der Waals surface area contributed by atoms with Crippen molar-refractivity contribution in [1.82, 2.24) is 9.47 Å². The Morgan fingerprint density at radius 3 is 2.62 bits per heavy atom. The molecule has 1 aromatic heterocycles. The van der Waals surface area contributed by atoms with Gasteiger partial charge in [0.25, 0.3) is 0 Å². The van der Waals surface area contributed by atoms with E-state index in [9.17, 15) is 0 Å². The molecule has 1 aromatic carbocycles. The first kappa shape index (κ1) is 16.6. The van der Waals surface area contributed by atoms with E-state index in [4.69, 9.17) is 9.47 Å². The average Bonchev–Trinajstić information content (AvgIpc) is 3.42. The average molecular weight is 355 g/mol. The number of rotatable bonds is 5. The van der Waals surface area contributed by atoms with E-state index in [1.807, 2.05) is 0 Å². The lowest BCUT2D eigenvalue weighted by atomic mass is 9.89. The molecule has 0 bridgehead atoms. The molecule has 5 rings (SSSR count). The molecule has 1 unspecified atom stereocenters. The molecule has 1 N–H and O–H groups in total. The van der Waals surface area contributed by atoms with Crippen LogP contribution in [0.5, 0.6) is 0 Å². The minimum Gasteiger partial charge on any atom is -0.382 e. The van der Waals surface area contributed by atoms with Gasteiger partial charge in [0.2, 0.25) is 0 Å². The second kappa shape index (κ2) is 7.22. The van der Waals surface area contributed by atoms with Crippen LogP contribution in [0, 0.1) is 0 Å². The molecule has 0 radical (unpaired) electrons. The summed E-state index contributed by atoms with van der Waals surface area (Å²) in [7, 11) is 0. The Labute approximate surface area is 155 Å². The van der Waals surface area contributed by atoms with Crippen LogP contribution < -0.4 is 5.32 Å². The van der Waals surface area contributed by atoms with Gasteiger partial charge in [-0.2, -0.15) is 0 Å². The number of epoxide rings is 1. The summed E-state index contributed by atoms with van der Waals surface area (Å²) in [6, 6.07) is 10.2. The smallest absolute Gasteiger partial charge is 0.0988 e. The first-order valence-corrected chi connectivity index (χ1v) is 10.1. The lowest BCUT2D eigenvalue weighted by molar-refractivity contribution is 0.00791. The Hall–Kier alpha value is -1.56. The zero-order chi connectivity index (χ0) is 17.3. The summed E-state index contributed by atoms with van der Waals surface area (Å²) in [4.78, 5) is 2.64.